The van der Waals surface area contributed by atoms with E-state index in [0.717, 1.165) is 0 Å². The average molecular weight is 179 g/mol. The van der Waals surface area contributed by atoms with Crippen molar-refractivity contribution in [1.82, 2.24) is 0 Å². The molecule has 0 aromatic carbocycles. The van der Waals surface area contributed by atoms with Crippen LogP contribution in [-0.4, -0.2) is 23.9 Å². The lowest BCUT2D eigenvalue weighted by atomic mass is 10.0. The highest BCUT2D eigenvalue weighted by molar-refractivity contribution is 5.07. The van der Waals surface area contributed by atoms with Gasteiger partial charge in [0.1, 0.15) is 0 Å². The highest BCUT2D eigenvalue weighted by Crippen LogP contribution is 2.27. The lowest BCUT2D eigenvalue weighted by molar-refractivity contribution is 0.0943. The zero-order valence-corrected chi connectivity index (χ0v) is 7.39. The molecule has 0 aliphatic carbocycles. The second kappa shape index (κ2) is 4.80. The predicted octanol–water partition coefficient (Wildman–Crippen LogP) is 1.02. The Bertz CT molecular complexity index is 242. The summed E-state index contributed by atoms with van der Waals surface area (Å²) in [6.45, 7) is 3.60. The van der Waals surface area contributed by atoms with Gasteiger partial charge in [-0.2, -0.15) is 5.26 Å². The van der Waals surface area contributed by atoms with Crippen molar-refractivity contribution < 1.29 is 9.84 Å². The van der Waals surface area contributed by atoms with Crippen LogP contribution in [0.15, 0.2) is 24.8 Å². The second-order valence-corrected chi connectivity index (χ2v) is 2.96. The Morgan fingerprint density at radius 1 is 1.69 bits per heavy atom. The molecule has 1 saturated heterocycles. The van der Waals surface area contributed by atoms with E-state index < -0.39 is 0 Å². The van der Waals surface area contributed by atoms with Crippen LogP contribution < -0.4 is 0 Å². The summed E-state index contributed by atoms with van der Waals surface area (Å²) in [6.07, 6.45) is 5.51. The molecule has 3 atom stereocenters. The molecule has 0 radical (unpaired) electrons. The summed E-state index contributed by atoms with van der Waals surface area (Å²) < 4.78 is 5.48. The molecule has 3 nitrogen and oxygen atoms in total. The van der Waals surface area contributed by atoms with Crippen LogP contribution in [0.4, 0.5) is 0 Å². The lowest BCUT2D eigenvalue weighted by Crippen LogP contribution is -2.11. The molecule has 1 N–H and O–H groups in total. The van der Waals surface area contributed by atoms with Crippen molar-refractivity contribution in [3.05, 3.63) is 24.8 Å². The third-order valence-electron chi connectivity index (χ3n) is 2.07. The van der Waals surface area contributed by atoms with Gasteiger partial charge in [-0.25, -0.2) is 0 Å². The van der Waals surface area contributed by atoms with E-state index in [-0.39, 0.29) is 24.7 Å². The van der Waals surface area contributed by atoms with Gasteiger partial charge in [0.05, 0.1) is 30.8 Å². The Balaban J connectivity index is 2.58. The van der Waals surface area contributed by atoms with Crippen LogP contribution in [-0.2, 0) is 4.74 Å². The fourth-order valence-corrected chi connectivity index (χ4v) is 1.39. The molecule has 1 heterocycles. The number of hydrogen-bond donors (Lipinski definition) is 1. The first-order chi connectivity index (χ1) is 6.31. The van der Waals surface area contributed by atoms with Gasteiger partial charge >= 0.3 is 0 Å². The summed E-state index contributed by atoms with van der Waals surface area (Å²) in [5, 5.41) is 17.4. The topological polar surface area (TPSA) is 53.2 Å². The molecule has 0 amide bonds. The van der Waals surface area contributed by atoms with Crippen LogP contribution in [0.5, 0.6) is 0 Å². The van der Waals surface area contributed by atoms with Gasteiger partial charge in [0.25, 0.3) is 0 Å². The molecule has 0 aromatic heterocycles. The van der Waals surface area contributed by atoms with E-state index >= 15 is 0 Å². The van der Waals surface area contributed by atoms with E-state index in [9.17, 15) is 0 Å². The van der Waals surface area contributed by atoms with Crippen LogP contribution in [0.1, 0.15) is 6.42 Å². The fourth-order valence-electron chi connectivity index (χ4n) is 1.39. The zero-order chi connectivity index (χ0) is 9.68. The van der Waals surface area contributed by atoms with Crippen molar-refractivity contribution in [3.8, 4) is 6.07 Å². The van der Waals surface area contributed by atoms with Gasteiger partial charge in [0.2, 0.25) is 0 Å². The number of rotatable bonds is 3. The molecule has 70 valence electrons. The predicted molar refractivity (Wildman–Crippen MR) is 48.8 cm³/mol. The normalized spacial score (nSPS) is 33.4. The first kappa shape index (κ1) is 9.97. The van der Waals surface area contributed by atoms with Gasteiger partial charge in [0, 0.05) is 0 Å². The fraction of sp³-hybridized carbons (Fsp3) is 0.500. The van der Waals surface area contributed by atoms with Crippen molar-refractivity contribution in [3.63, 3.8) is 0 Å². The Labute approximate surface area is 77.9 Å². The van der Waals surface area contributed by atoms with Gasteiger partial charge in [0.15, 0.2) is 0 Å². The summed E-state index contributed by atoms with van der Waals surface area (Å²) in [4.78, 5) is 0. The monoisotopic (exact) mass is 179 g/mol. The third-order valence-corrected chi connectivity index (χ3v) is 2.07. The Hall–Kier alpha value is -1.11. The Morgan fingerprint density at radius 3 is 3.00 bits per heavy atom. The number of ether oxygens (including phenoxy) is 1. The summed E-state index contributed by atoms with van der Waals surface area (Å²) in [5.74, 6) is -0.120. The van der Waals surface area contributed by atoms with Crippen LogP contribution >= 0.6 is 0 Å². The minimum Gasteiger partial charge on any atom is -0.392 e. The zero-order valence-electron chi connectivity index (χ0n) is 7.39. The molecule has 1 rings (SSSR count). The minimum atomic E-state index is -0.194. The number of aliphatic hydroxyl groups excluding tert-OH is 1. The van der Waals surface area contributed by atoms with E-state index in [2.05, 4.69) is 12.6 Å². The van der Waals surface area contributed by atoms with E-state index in [0.29, 0.717) is 6.42 Å². The molecule has 1 aliphatic rings. The SMILES string of the molecule is C=C[C@@H]1C[C@H](C#N)[C@H](/C=C\CO)O1. The minimum absolute atomic E-state index is 0.0171. The summed E-state index contributed by atoms with van der Waals surface area (Å²) >= 11 is 0. The lowest BCUT2D eigenvalue weighted by Gasteiger charge is -2.07. The number of aliphatic hydroxyl groups is 1. The van der Waals surface area contributed by atoms with Crippen LogP contribution in [0, 0.1) is 17.2 Å². The van der Waals surface area contributed by atoms with Crippen LogP contribution in [0.2, 0.25) is 0 Å². The average Bonchev–Trinajstić information content (AvgIpc) is 2.57. The maximum Gasteiger partial charge on any atom is 0.0923 e. The quantitative estimate of drug-likeness (QED) is 0.658. The van der Waals surface area contributed by atoms with Gasteiger partial charge in [-0.15, -0.1) is 6.58 Å². The van der Waals surface area contributed by atoms with Gasteiger partial charge in [-0.1, -0.05) is 18.2 Å². The second-order valence-electron chi connectivity index (χ2n) is 2.96. The van der Waals surface area contributed by atoms with E-state index in [1.165, 1.54) is 0 Å². The summed E-state index contributed by atoms with van der Waals surface area (Å²) in [7, 11) is 0. The van der Waals surface area contributed by atoms with Crippen molar-refractivity contribution in [1.29, 1.82) is 5.26 Å². The van der Waals surface area contributed by atoms with Crippen LogP contribution in [0.3, 0.4) is 0 Å². The van der Waals surface area contributed by atoms with Gasteiger partial charge < -0.3 is 9.84 Å². The van der Waals surface area contributed by atoms with E-state index in [1.54, 1.807) is 18.2 Å². The molecule has 0 spiro atoms. The molecule has 0 bridgehead atoms. The molecule has 13 heavy (non-hydrogen) atoms. The van der Waals surface area contributed by atoms with Crippen molar-refractivity contribution in [2.45, 2.75) is 18.6 Å². The maximum atomic E-state index is 8.79. The molecule has 0 saturated carbocycles. The highest BCUT2D eigenvalue weighted by Gasteiger charge is 2.31. The van der Waals surface area contributed by atoms with Crippen molar-refractivity contribution in [2.24, 2.45) is 5.92 Å². The smallest absolute Gasteiger partial charge is 0.0923 e. The highest BCUT2D eigenvalue weighted by atomic mass is 16.5. The Morgan fingerprint density at radius 2 is 2.46 bits per heavy atom. The molecular weight excluding hydrogens is 166 g/mol. The van der Waals surface area contributed by atoms with Gasteiger partial charge in [-0.3, -0.25) is 0 Å². The third kappa shape index (κ3) is 2.41. The largest absolute Gasteiger partial charge is 0.392 e. The number of hydrogen-bond acceptors (Lipinski definition) is 3. The number of nitrogens with zero attached hydrogens (tertiary/aromatic N) is 1. The molecule has 1 fully saturated rings. The first-order valence-corrected chi connectivity index (χ1v) is 4.27. The molecule has 1 aliphatic heterocycles. The van der Waals surface area contributed by atoms with E-state index in [1.807, 2.05) is 0 Å². The van der Waals surface area contributed by atoms with Crippen molar-refractivity contribution in [2.75, 3.05) is 6.61 Å². The van der Waals surface area contributed by atoms with Crippen molar-refractivity contribution >= 4 is 0 Å². The molecule has 3 heteroatoms. The number of nitriles is 1. The molecular formula is C10H13NO2. The summed E-state index contributed by atoms with van der Waals surface area (Å²) in [6, 6.07) is 2.18. The standard InChI is InChI=1S/C10H13NO2/c1-2-9-6-8(7-11)10(13-9)4-3-5-12/h2-4,8-10,12H,1,5-6H2/b4-3-/t8-,9-,10+/m1/s1. The first-order valence-electron chi connectivity index (χ1n) is 4.27. The summed E-state index contributed by atoms with van der Waals surface area (Å²) in [5.41, 5.74) is 0. The molecule has 0 aromatic rings. The molecule has 0 unspecified atom stereocenters. The van der Waals surface area contributed by atoms with E-state index in [4.69, 9.17) is 15.1 Å². The maximum absolute atomic E-state index is 8.79. The van der Waals surface area contributed by atoms with Gasteiger partial charge in [-0.05, 0) is 6.42 Å². The Kier molecular flexibility index (Phi) is 3.69. The van der Waals surface area contributed by atoms with Crippen LogP contribution in [0.25, 0.3) is 0 Å².